The van der Waals surface area contributed by atoms with E-state index in [1.165, 1.54) is 6.20 Å². The predicted octanol–water partition coefficient (Wildman–Crippen LogP) is 3.12. The zero-order chi connectivity index (χ0) is 12.2. The maximum absolute atomic E-state index is 11.8. The lowest BCUT2D eigenvalue weighted by molar-refractivity contribution is 0.0141. The number of carbonyl (C=O) groups is 1. The molecule has 1 heterocycles. The number of halogens is 1. The maximum atomic E-state index is 11.8. The highest BCUT2D eigenvalue weighted by atomic mass is 35.5. The summed E-state index contributed by atoms with van der Waals surface area (Å²) in [6, 6.07) is 3.31. The standard InChI is InChI=1S/C12H16ClNO2/c1-12(2,16-3)7-6-11(15)10-5-4-9(13)8-14-10/h4-5,8H,6-7H2,1-3H3. The molecule has 0 fully saturated rings. The van der Waals surface area contributed by atoms with Crippen molar-refractivity contribution in [2.45, 2.75) is 32.3 Å². The summed E-state index contributed by atoms with van der Waals surface area (Å²) < 4.78 is 5.25. The van der Waals surface area contributed by atoms with E-state index in [1.807, 2.05) is 13.8 Å². The maximum Gasteiger partial charge on any atom is 0.181 e. The lowest BCUT2D eigenvalue weighted by Crippen LogP contribution is -2.23. The SMILES string of the molecule is COC(C)(C)CCC(=O)c1ccc(Cl)cn1. The predicted molar refractivity (Wildman–Crippen MR) is 63.9 cm³/mol. The van der Waals surface area contributed by atoms with E-state index < -0.39 is 0 Å². The molecule has 1 aromatic heterocycles. The second-order valence-electron chi connectivity index (χ2n) is 4.25. The number of hydrogen-bond donors (Lipinski definition) is 0. The summed E-state index contributed by atoms with van der Waals surface area (Å²) in [6.45, 7) is 3.91. The van der Waals surface area contributed by atoms with E-state index in [4.69, 9.17) is 16.3 Å². The van der Waals surface area contributed by atoms with Gasteiger partial charge in [-0.3, -0.25) is 9.78 Å². The Morgan fingerprint density at radius 2 is 2.19 bits per heavy atom. The number of rotatable bonds is 5. The second-order valence-corrected chi connectivity index (χ2v) is 4.69. The average Bonchev–Trinajstić information content (AvgIpc) is 2.27. The van der Waals surface area contributed by atoms with Gasteiger partial charge in [-0.15, -0.1) is 0 Å². The number of methoxy groups -OCH3 is 1. The summed E-state index contributed by atoms with van der Waals surface area (Å²) in [5.41, 5.74) is 0.179. The number of ketones is 1. The minimum absolute atomic E-state index is 0.0155. The summed E-state index contributed by atoms with van der Waals surface area (Å²) in [7, 11) is 1.64. The lowest BCUT2D eigenvalue weighted by Gasteiger charge is -2.21. The summed E-state index contributed by atoms with van der Waals surface area (Å²) in [5, 5.41) is 0.536. The molecule has 1 rings (SSSR count). The Bertz CT molecular complexity index is 360. The largest absolute Gasteiger partial charge is 0.379 e. The number of aromatic nitrogens is 1. The van der Waals surface area contributed by atoms with Crippen LogP contribution in [0, 0.1) is 0 Å². The molecule has 0 bridgehead atoms. The van der Waals surface area contributed by atoms with E-state index in [2.05, 4.69) is 4.98 Å². The van der Waals surface area contributed by atoms with E-state index in [-0.39, 0.29) is 11.4 Å². The van der Waals surface area contributed by atoms with Gasteiger partial charge in [-0.05, 0) is 32.4 Å². The Morgan fingerprint density at radius 1 is 1.50 bits per heavy atom. The molecule has 0 atom stereocenters. The molecule has 0 aliphatic carbocycles. The molecule has 3 nitrogen and oxygen atoms in total. The van der Waals surface area contributed by atoms with Crippen molar-refractivity contribution < 1.29 is 9.53 Å². The number of hydrogen-bond acceptors (Lipinski definition) is 3. The number of Topliss-reactive ketones (excluding diaryl/α,β-unsaturated/α-hetero) is 1. The molecule has 0 aliphatic rings. The molecule has 0 N–H and O–H groups in total. The Hall–Kier alpha value is -0.930. The zero-order valence-electron chi connectivity index (χ0n) is 9.79. The highest BCUT2D eigenvalue weighted by molar-refractivity contribution is 6.30. The third-order valence-electron chi connectivity index (χ3n) is 2.52. The van der Waals surface area contributed by atoms with Gasteiger partial charge < -0.3 is 4.74 Å². The van der Waals surface area contributed by atoms with Crippen molar-refractivity contribution in [3.8, 4) is 0 Å². The molecule has 0 spiro atoms. The monoisotopic (exact) mass is 241 g/mol. The first-order valence-corrected chi connectivity index (χ1v) is 5.52. The normalized spacial score (nSPS) is 11.5. The van der Waals surface area contributed by atoms with Crippen LogP contribution < -0.4 is 0 Å². The van der Waals surface area contributed by atoms with Gasteiger partial charge in [0.25, 0.3) is 0 Å². The first-order valence-electron chi connectivity index (χ1n) is 5.14. The van der Waals surface area contributed by atoms with Crippen molar-refractivity contribution >= 4 is 17.4 Å². The van der Waals surface area contributed by atoms with Crippen molar-refractivity contribution in [3.63, 3.8) is 0 Å². The Labute approximate surface area is 101 Å². The number of nitrogens with zero attached hydrogens (tertiary/aromatic N) is 1. The molecule has 0 amide bonds. The van der Waals surface area contributed by atoms with Crippen LogP contribution in [0.25, 0.3) is 0 Å². The average molecular weight is 242 g/mol. The molecule has 0 saturated heterocycles. The molecular formula is C12H16ClNO2. The molecule has 16 heavy (non-hydrogen) atoms. The van der Waals surface area contributed by atoms with Gasteiger partial charge in [-0.1, -0.05) is 11.6 Å². The van der Waals surface area contributed by atoms with Gasteiger partial charge in [-0.2, -0.15) is 0 Å². The molecule has 0 aromatic carbocycles. The zero-order valence-corrected chi connectivity index (χ0v) is 10.5. The van der Waals surface area contributed by atoms with E-state index in [9.17, 15) is 4.79 Å². The van der Waals surface area contributed by atoms with E-state index in [1.54, 1.807) is 19.2 Å². The summed E-state index contributed by atoms with van der Waals surface area (Å²) in [4.78, 5) is 15.7. The van der Waals surface area contributed by atoms with E-state index in [0.29, 0.717) is 23.6 Å². The Balaban J connectivity index is 2.56. The van der Waals surface area contributed by atoms with Crippen molar-refractivity contribution in [1.29, 1.82) is 0 Å². The number of carbonyl (C=O) groups excluding carboxylic acids is 1. The van der Waals surface area contributed by atoms with Crippen LogP contribution >= 0.6 is 11.6 Å². The van der Waals surface area contributed by atoms with Gasteiger partial charge >= 0.3 is 0 Å². The fourth-order valence-electron chi connectivity index (χ4n) is 1.19. The van der Waals surface area contributed by atoms with Crippen molar-refractivity contribution in [2.24, 2.45) is 0 Å². The van der Waals surface area contributed by atoms with Crippen molar-refractivity contribution in [2.75, 3.05) is 7.11 Å². The fourth-order valence-corrected chi connectivity index (χ4v) is 1.30. The summed E-state index contributed by atoms with van der Waals surface area (Å²) in [6.07, 6.45) is 2.58. The van der Waals surface area contributed by atoms with Crippen molar-refractivity contribution in [1.82, 2.24) is 4.98 Å². The van der Waals surface area contributed by atoms with Crippen LogP contribution in [0.15, 0.2) is 18.3 Å². The minimum Gasteiger partial charge on any atom is -0.379 e. The van der Waals surface area contributed by atoms with Crippen LogP contribution in [-0.2, 0) is 4.74 Å². The highest BCUT2D eigenvalue weighted by Gasteiger charge is 2.18. The quantitative estimate of drug-likeness (QED) is 0.744. The molecule has 0 aliphatic heterocycles. The van der Waals surface area contributed by atoms with E-state index in [0.717, 1.165) is 0 Å². The van der Waals surface area contributed by atoms with Crippen LogP contribution in [0.4, 0.5) is 0 Å². The van der Waals surface area contributed by atoms with Crippen molar-refractivity contribution in [3.05, 3.63) is 29.0 Å². The van der Waals surface area contributed by atoms with Crippen LogP contribution in [0.2, 0.25) is 5.02 Å². The van der Waals surface area contributed by atoms with Gasteiger partial charge in [0, 0.05) is 19.7 Å². The fraction of sp³-hybridized carbons (Fsp3) is 0.500. The lowest BCUT2D eigenvalue weighted by atomic mass is 9.99. The first kappa shape index (κ1) is 13.1. The molecule has 0 saturated carbocycles. The third-order valence-corrected chi connectivity index (χ3v) is 2.74. The van der Waals surface area contributed by atoms with Gasteiger partial charge in [0.15, 0.2) is 5.78 Å². The summed E-state index contributed by atoms with van der Waals surface area (Å²) in [5.74, 6) is 0.0155. The van der Waals surface area contributed by atoms with Crippen LogP contribution in [-0.4, -0.2) is 23.5 Å². The molecule has 0 radical (unpaired) electrons. The molecule has 1 aromatic rings. The number of pyridine rings is 1. The molecule has 4 heteroatoms. The first-order chi connectivity index (χ1) is 7.44. The van der Waals surface area contributed by atoms with Gasteiger partial charge in [0.05, 0.1) is 10.6 Å². The Kier molecular flexibility index (Phi) is 4.44. The summed E-state index contributed by atoms with van der Waals surface area (Å²) >= 11 is 5.69. The van der Waals surface area contributed by atoms with Crippen LogP contribution in [0.5, 0.6) is 0 Å². The smallest absolute Gasteiger partial charge is 0.181 e. The topological polar surface area (TPSA) is 39.2 Å². The molecular weight excluding hydrogens is 226 g/mol. The van der Waals surface area contributed by atoms with Gasteiger partial charge in [-0.25, -0.2) is 0 Å². The van der Waals surface area contributed by atoms with Gasteiger partial charge in [0.1, 0.15) is 5.69 Å². The third kappa shape index (κ3) is 3.91. The minimum atomic E-state index is -0.276. The van der Waals surface area contributed by atoms with Crippen LogP contribution in [0.3, 0.4) is 0 Å². The second kappa shape index (κ2) is 5.41. The molecule has 0 unspecified atom stereocenters. The molecule has 88 valence electrons. The Morgan fingerprint density at radius 3 is 2.69 bits per heavy atom. The highest BCUT2D eigenvalue weighted by Crippen LogP contribution is 2.17. The number of ether oxygens (including phenoxy) is 1. The van der Waals surface area contributed by atoms with Crippen LogP contribution in [0.1, 0.15) is 37.2 Å². The van der Waals surface area contributed by atoms with Gasteiger partial charge in [0.2, 0.25) is 0 Å². The van der Waals surface area contributed by atoms with E-state index >= 15 is 0 Å².